The van der Waals surface area contributed by atoms with Crippen LogP contribution in [0.2, 0.25) is 5.02 Å². The van der Waals surface area contributed by atoms with Gasteiger partial charge in [-0.15, -0.1) is 0 Å². The van der Waals surface area contributed by atoms with Crippen LogP contribution in [0, 0.1) is 0 Å². The van der Waals surface area contributed by atoms with Crippen LogP contribution >= 0.6 is 11.6 Å². The second kappa shape index (κ2) is 7.78. The van der Waals surface area contributed by atoms with Crippen molar-refractivity contribution in [1.29, 1.82) is 0 Å². The molecule has 2 atom stereocenters. The van der Waals surface area contributed by atoms with Crippen LogP contribution < -0.4 is 10.6 Å². The zero-order chi connectivity index (χ0) is 15.2. The first kappa shape index (κ1) is 16.3. The van der Waals surface area contributed by atoms with Gasteiger partial charge in [-0.25, -0.2) is 0 Å². The van der Waals surface area contributed by atoms with Crippen molar-refractivity contribution in [3.05, 3.63) is 34.9 Å². The summed E-state index contributed by atoms with van der Waals surface area (Å²) in [5.41, 5.74) is 1.10. The van der Waals surface area contributed by atoms with Crippen LogP contribution in [0.5, 0.6) is 0 Å². The number of amides is 1. The standard InChI is InChI=1S/C16H24ClN3O/c1-3-15(13-4-6-14(17)7-5-13)19-16(21)11-20-9-8-18-10-12(20)2/h4-7,12,15,18H,3,8-11H2,1-2H3,(H,19,21)/t12-,15?/m1/s1. The van der Waals surface area contributed by atoms with Gasteiger partial charge < -0.3 is 10.6 Å². The molecule has 0 bridgehead atoms. The van der Waals surface area contributed by atoms with E-state index in [1.54, 1.807) is 0 Å². The summed E-state index contributed by atoms with van der Waals surface area (Å²) in [5.74, 6) is 0.0885. The second-order valence-corrected chi connectivity index (χ2v) is 6.04. The molecule has 4 nitrogen and oxygen atoms in total. The predicted molar refractivity (Wildman–Crippen MR) is 86.5 cm³/mol. The fraction of sp³-hybridized carbons (Fsp3) is 0.562. The molecule has 0 radical (unpaired) electrons. The highest BCUT2D eigenvalue weighted by Crippen LogP contribution is 2.19. The van der Waals surface area contributed by atoms with Crippen molar-refractivity contribution < 1.29 is 4.79 Å². The Balaban J connectivity index is 1.91. The summed E-state index contributed by atoms with van der Waals surface area (Å²) in [7, 11) is 0. The average molecular weight is 310 g/mol. The minimum Gasteiger partial charge on any atom is -0.348 e. The second-order valence-electron chi connectivity index (χ2n) is 5.60. The molecule has 21 heavy (non-hydrogen) atoms. The van der Waals surface area contributed by atoms with Crippen molar-refractivity contribution in [2.24, 2.45) is 0 Å². The number of nitrogens with one attached hydrogen (secondary N) is 2. The first-order valence-electron chi connectivity index (χ1n) is 7.59. The predicted octanol–water partition coefficient (Wildman–Crippen LogP) is 2.20. The van der Waals surface area contributed by atoms with Crippen molar-refractivity contribution >= 4 is 17.5 Å². The summed E-state index contributed by atoms with van der Waals surface area (Å²) in [6, 6.07) is 8.14. The van der Waals surface area contributed by atoms with E-state index in [1.807, 2.05) is 24.3 Å². The molecule has 0 aromatic heterocycles. The van der Waals surface area contributed by atoms with Crippen LogP contribution in [0.1, 0.15) is 31.9 Å². The minimum absolute atomic E-state index is 0.0491. The van der Waals surface area contributed by atoms with E-state index >= 15 is 0 Å². The molecule has 116 valence electrons. The Morgan fingerprint density at radius 3 is 2.81 bits per heavy atom. The fourth-order valence-corrected chi connectivity index (χ4v) is 2.78. The van der Waals surface area contributed by atoms with E-state index < -0.39 is 0 Å². The number of hydrogen-bond acceptors (Lipinski definition) is 3. The van der Waals surface area contributed by atoms with Crippen LogP contribution in [0.4, 0.5) is 0 Å². The number of nitrogens with zero attached hydrogens (tertiary/aromatic N) is 1. The summed E-state index contributed by atoms with van der Waals surface area (Å²) in [6.07, 6.45) is 0.866. The van der Waals surface area contributed by atoms with Crippen LogP contribution in [-0.2, 0) is 4.79 Å². The number of halogens is 1. The number of rotatable bonds is 5. The number of hydrogen-bond donors (Lipinski definition) is 2. The average Bonchev–Trinajstić information content (AvgIpc) is 2.48. The van der Waals surface area contributed by atoms with Crippen LogP contribution in [0.3, 0.4) is 0 Å². The molecule has 1 aromatic carbocycles. The lowest BCUT2D eigenvalue weighted by Crippen LogP contribution is -2.52. The lowest BCUT2D eigenvalue weighted by atomic mass is 10.0. The van der Waals surface area contributed by atoms with Crippen LogP contribution in [-0.4, -0.2) is 43.0 Å². The quantitative estimate of drug-likeness (QED) is 0.876. The van der Waals surface area contributed by atoms with Gasteiger partial charge in [0.05, 0.1) is 12.6 Å². The molecule has 1 aromatic rings. The van der Waals surface area contributed by atoms with Gasteiger partial charge in [0.1, 0.15) is 0 Å². The first-order chi connectivity index (χ1) is 10.1. The molecule has 1 aliphatic heterocycles. The number of benzene rings is 1. The van der Waals surface area contributed by atoms with Gasteiger partial charge in [0.2, 0.25) is 5.91 Å². The largest absolute Gasteiger partial charge is 0.348 e. The Morgan fingerprint density at radius 2 is 2.19 bits per heavy atom. The summed E-state index contributed by atoms with van der Waals surface area (Å²) in [4.78, 5) is 14.5. The highest BCUT2D eigenvalue weighted by molar-refractivity contribution is 6.30. The Morgan fingerprint density at radius 1 is 1.48 bits per heavy atom. The molecule has 2 rings (SSSR count). The monoisotopic (exact) mass is 309 g/mol. The minimum atomic E-state index is 0.0491. The maximum absolute atomic E-state index is 12.3. The lowest BCUT2D eigenvalue weighted by molar-refractivity contribution is -0.123. The Labute approximate surface area is 131 Å². The van der Waals surface area contributed by atoms with Gasteiger partial charge in [0, 0.05) is 30.7 Å². The highest BCUT2D eigenvalue weighted by atomic mass is 35.5. The van der Waals surface area contributed by atoms with Crippen LogP contribution in [0.25, 0.3) is 0 Å². The normalized spacial score (nSPS) is 21.0. The van der Waals surface area contributed by atoms with Crippen molar-refractivity contribution in [3.8, 4) is 0 Å². The van der Waals surface area contributed by atoms with Crippen molar-refractivity contribution in [2.75, 3.05) is 26.2 Å². The van der Waals surface area contributed by atoms with E-state index in [0.29, 0.717) is 12.6 Å². The maximum atomic E-state index is 12.3. The molecule has 1 aliphatic rings. The highest BCUT2D eigenvalue weighted by Gasteiger charge is 2.21. The van der Waals surface area contributed by atoms with Crippen LogP contribution in [0.15, 0.2) is 24.3 Å². The van der Waals surface area contributed by atoms with E-state index in [0.717, 1.165) is 36.6 Å². The molecule has 1 heterocycles. The first-order valence-corrected chi connectivity index (χ1v) is 7.97. The zero-order valence-electron chi connectivity index (χ0n) is 12.7. The van der Waals surface area contributed by atoms with Gasteiger partial charge in [-0.1, -0.05) is 30.7 Å². The number of piperazine rings is 1. The van der Waals surface area contributed by atoms with Gasteiger partial charge >= 0.3 is 0 Å². The molecular formula is C16H24ClN3O. The van der Waals surface area contributed by atoms with Crippen molar-refractivity contribution in [2.45, 2.75) is 32.4 Å². The maximum Gasteiger partial charge on any atom is 0.234 e. The summed E-state index contributed by atoms with van der Waals surface area (Å²) >= 11 is 5.91. The SMILES string of the molecule is CCC(NC(=O)CN1CCNC[C@H]1C)c1ccc(Cl)cc1. The smallest absolute Gasteiger partial charge is 0.234 e. The molecule has 5 heteroatoms. The van der Waals surface area contributed by atoms with E-state index in [1.165, 1.54) is 0 Å². The molecular weight excluding hydrogens is 286 g/mol. The summed E-state index contributed by atoms with van der Waals surface area (Å²) in [5, 5.41) is 7.18. The molecule has 2 N–H and O–H groups in total. The van der Waals surface area contributed by atoms with Crippen molar-refractivity contribution in [1.82, 2.24) is 15.5 Å². The summed E-state index contributed by atoms with van der Waals surface area (Å²) in [6.45, 7) is 7.51. The van der Waals surface area contributed by atoms with E-state index in [2.05, 4.69) is 29.4 Å². The Hall–Kier alpha value is -1.10. The number of carbonyl (C=O) groups excluding carboxylic acids is 1. The molecule has 1 amide bonds. The van der Waals surface area contributed by atoms with E-state index in [9.17, 15) is 4.79 Å². The Kier molecular flexibility index (Phi) is 6.03. The molecule has 1 unspecified atom stereocenters. The third kappa shape index (κ3) is 4.70. The molecule has 1 saturated heterocycles. The molecule has 0 saturated carbocycles. The van der Waals surface area contributed by atoms with Gasteiger partial charge in [-0.3, -0.25) is 9.69 Å². The van der Waals surface area contributed by atoms with Gasteiger partial charge in [0.15, 0.2) is 0 Å². The number of carbonyl (C=O) groups is 1. The zero-order valence-corrected chi connectivity index (χ0v) is 13.5. The van der Waals surface area contributed by atoms with Gasteiger partial charge in [-0.2, -0.15) is 0 Å². The third-order valence-electron chi connectivity index (χ3n) is 4.00. The molecule has 0 aliphatic carbocycles. The van der Waals surface area contributed by atoms with E-state index in [-0.39, 0.29) is 11.9 Å². The van der Waals surface area contributed by atoms with Gasteiger partial charge in [0.25, 0.3) is 0 Å². The Bertz CT molecular complexity index is 463. The lowest BCUT2D eigenvalue weighted by Gasteiger charge is -2.33. The van der Waals surface area contributed by atoms with Gasteiger partial charge in [-0.05, 0) is 31.0 Å². The van der Waals surface area contributed by atoms with E-state index in [4.69, 9.17) is 11.6 Å². The fourth-order valence-electron chi connectivity index (χ4n) is 2.66. The third-order valence-corrected chi connectivity index (χ3v) is 4.25. The topological polar surface area (TPSA) is 44.4 Å². The summed E-state index contributed by atoms with van der Waals surface area (Å²) < 4.78 is 0. The molecule has 1 fully saturated rings. The van der Waals surface area contributed by atoms with Crippen molar-refractivity contribution in [3.63, 3.8) is 0 Å². The molecule has 0 spiro atoms.